The molecular weight excluding hydrogens is 468 g/mol. The number of likely N-dealkylation sites (tertiary alicyclic amines) is 1. The van der Waals surface area contributed by atoms with E-state index in [2.05, 4.69) is 15.6 Å². The van der Waals surface area contributed by atoms with Gasteiger partial charge in [0.15, 0.2) is 10.4 Å². The van der Waals surface area contributed by atoms with Gasteiger partial charge in [0, 0.05) is 28.9 Å². The maximum absolute atomic E-state index is 13.0. The molecule has 1 fully saturated rings. The molecule has 32 heavy (non-hydrogen) atoms. The minimum Gasteiger partial charge on any atom is -0.341 e. The first kappa shape index (κ1) is 21.2. The van der Waals surface area contributed by atoms with E-state index in [9.17, 15) is 14.4 Å². The number of fused-ring (bicyclic) bond motifs is 2. The third-order valence-electron chi connectivity index (χ3n) is 5.61. The molecule has 1 atom stereocenters. The molecule has 7 nitrogen and oxygen atoms in total. The fourth-order valence-electron chi connectivity index (χ4n) is 3.90. The van der Waals surface area contributed by atoms with E-state index in [0.29, 0.717) is 36.1 Å². The smallest absolute Gasteiger partial charge is 0.247 e. The third kappa shape index (κ3) is 4.20. The van der Waals surface area contributed by atoms with Crippen LogP contribution < -0.4 is 10.6 Å². The van der Waals surface area contributed by atoms with Gasteiger partial charge in [-0.1, -0.05) is 35.1 Å². The molecule has 1 saturated heterocycles. The average Bonchev–Trinajstić information content (AvgIpc) is 3.19. The zero-order valence-corrected chi connectivity index (χ0v) is 19.2. The number of benzene rings is 2. The normalized spacial score (nSPS) is 18.8. The van der Waals surface area contributed by atoms with Gasteiger partial charge < -0.3 is 15.5 Å². The number of nitrogens with one attached hydrogen (secondary N) is 2. The van der Waals surface area contributed by atoms with Crippen LogP contribution in [-0.2, 0) is 14.4 Å². The van der Waals surface area contributed by atoms with Crippen molar-refractivity contribution in [1.29, 1.82) is 0 Å². The highest BCUT2D eigenvalue weighted by Crippen LogP contribution is 2.36. The van der Waals surface area contributed by atoms with Gasteiger partial charge in [-0.25, -0.2) is 4.98 Å². The number of para-hydroxylation sites is 1. The molecule has 2 aliphatic heterocycles. The van der Waals surface area contributed by atoms with Gasteiger partial charge in [0.2, 0.25) is 17.7 Å². The van der Waals surface area contributed by atoms with E-state index < -0.39 is 5.25 Å². The number of hydrogen-bond donors (Lipinski definition) is 2. The lowest BCUT2D eigenvalue weighted by Gasteiger charge is -2.34. The molecule has 2 N–H and O–H groups in total. The van der Waals surface area contributed by atoms with Crippen LogP contribution in [0.15, 0.2) is 47.4 Å². The predicted octanol–water partition coefficient (Wildman–Crippen LogP) is 4.24. The number of nitrogens with zero attached hydrogens (tertiary/aromatic N) is 2. The number of thioether (sulfide) groups is 1. The Labute approximate surface area is 197 Å². The molecule has 0 aliphatic carbocycles. The van der Waals surface area contributed by atoms with Crippen LogP contribution in [-0.4, -0.2) is 45.9 Å². The first-order chi connectivity index (χ1) is 15.5. The second kappa shape index (κ2) is 8.73. The van der Waals surface area contributed by atoms with Crippen LogP contribution in [0.4, 0.5) is 10.8 Å². The Kier molecular flexibility index (Phi) is 5.79. The minimum atomic E-state index is -0.801. The van der Waals surface area contributed by atoms with Crippen LogP contribution in [0.1, 0.15) is 12.8 Å². The second-order valence-corrected chi connectivity index (χ2v) is 10.3. The zero-order valence-electron chi connectivity index (χ0n) is 16.8. The number of thiazole rings is 1. The summed E-state index contributed by atoms with van der Waals surface area (Å²) in [4.78, 5) is 45.2. The molecule has 1 aromatic heterocycles. The summed E-state index contributed by atoms with van der Waals surface area (Å²) in [5.41, 5.74) is 1.53. The van der Waals surface area contributed by atoms with Gasteiger partial charge in [-0.2, -0.15) is 0 Å². The number of carbonyl (C=O) groups is 3. The molecule has 164 valence electrons. The van der Waals surface area contributed by atoms with Crippen molar-refractivity contribution in [2.45, 2.75) is 23.0 Å². The van der Waals surface area contributed by atoms with Crippen LogP contribution >= 0.6 is 34.7 Å². The maximum atomic E-state index is 13.0. The van der Waals surface area contributed by atoms with Crippen LogP contribution in [0.3, 0.4) is 0 Å². The van der Waals surface area contributed by atoms with E-state index in [1.165, 1.54) is 23.1 Å². The summed E-state index contributed by atoms with van der Waals surface area (Å²) >= 11 is 8.68. The van der Waals surface area contributed by atoms with Gasteiger partial charge in [0.1, 0.15) is 0 Å². The van der Waals surface area contributed by atoms with Gasteiger partial charge in [-0.05, 0) is 43.2 Å². The highest BCUT2D eigenvalue weighted by molar-refractivity contribution is 8.01. The maximum Gasteiger partial charge on any atom is 0.247 e. The van der Waals surface area contributed by atoms with Crippen molar-refractivity contribution >= 4 is 73.5 Å². The van der Waals surface area contributed by atoms with E-state index in [-0.39, 0.29) is 23.6 Å². The Morgan fingerprint density at radius 3 is 2.75 bits per heavy atom. The van der Waals surface area contributed by atoms with E-state index in [0.717, 1.165) is 20.8 Å². The fourth-order valence-corrected chi connectivity index (χ4v) is 6.12. The van der Waals surface area contributed by atoms with Crippen molar-refractivity contribution in [2.75, 3.05) is 23.7 Å². The summed E-state index contributed by atoms with van der Waals surface area (Å²) in [5, 5.41) is 6.08. The molecule has 10 heteroatoms. The highest BCUT2D eigenvalue weighted by Gasteiger charge is 2.37. The highest BCUT2D eigenvalue weighted by atomic mass is 35.5. The van der Waals surface area contributed by atoms with Gasteiger partial charge >= 0.3 is 0 Å². The molecule has 0 spiro atoms. The second-order valence-electron chi connectivity index (χ2n) is 7.70. The van der Waals surface area contributed by atoms with Crippen molar-refractivity contribution in [3.05, 3.63) is 47.5 Å². The predicted molar refractivity (Wildman–Crippen MR) is 127 cm³/mol. The number of aromatic nitrogens is 1. The quantitative estimate of drug-likeness (QED) is 0.540. The zero-order chi connectivity index (χ0) is 22.2. The number of anilines is 2. The summed E-state index contributed by atoms with van der Waals surface area (Å²) in [6.45, 7) is 0.886. The van der Waals surface area contributed by atoms with Crippen molar-refractivity contribution in [3.63, 3.8) is 0 Å². The third-order valence-corrected chi connectivity index (χ3v) is 8.04. The van der Waals surface area contributed by atoms with Gasteiger partial charge in [-0.15, -0.1) is 11.8 Å². The first-order valence-corrected chi connectivity index (χ1v) is 12.3. The summed E-state index contributed by atoms with van der Waals surface area (Å²) in [7, 11) is 0. The number of hydrogen-bond acceptors (Lipinski definition) is 6. The van der Waals surface area contributed by atoms with Crippen LogP contribution in [0.25, 0.3) is 10.2 Å². The Bertz CT molecular complexity index is 1220. The lowest BCUT2D eigenvalue weighted by molar-refractivity contribution is -0.136. The molecule has 2 aliphatic rings. The molecule has 2 aromatic carbocycles. The van der Waals surface area contributed by atoms with Crippen molar-refractivity contribution in [1.82, 2.24) is 9.88 Å². The lowest BCUT2D eigenvalue weighted by atomic mass is 9.95. The summed E-state index contributed by atoms with van der Waals surface area (Å²) in [5.74, 6) is -0.803. The molecule has 0 bridgehead atoms. The van der Waals surface area contributed by atoms with E-state index in [4.69, 9.17) is 11.6 Å². The van der Waals surface area contributed by atoms with Gasteiger partial charge in [0.25, 0.3) is 0 Å². The average molecular weight is 487 g/mol. The molecule has 5 rings (SSSR count). The van der Waals surface area contributed by atoms with Crippen molar-refractivity contribution in [2.24, 2.45) is 5.92 Å². The van der Waals surface area contributed by atoms with Gasteiger partial charge in [0.05, 0.1) is 15.9 Å². The Hall–Kier alpha value is -2.62. The summed E-state index contributed by atoms with van der Waals surface area (Å²) < 4.78 is 0.915. The standard InChI is InChI=1S/C22H19ClN4O3S2/c23-13-5-6-15-17(11-13)32-22(25-15)26-19(28)12-7-9-27(10-8-12)21(30)18-20(29)24-14-3-1-2-4-16(14)31-18/h1-6,11-12,18H,7-10H2,(H,24,29)(H,25,26,28)/t18-/m0/s1. The Balaban J connectivity index is 1.18. The summed E-state index contributed by atoms with van der Waals surface area (Å²) in [6.07, 6.45) is 1.09. The first-order valence-electron chi connectivity index (χ1n) is 10.2. The number of rotatable bonds is 3. The fraction of sp³-hybridized carbons (Fsp3) is 0.273. The molecule has 0 unspecified atom stereocenters. The molecule has 3 heterocycles. The number of piperidine rings is 1. The number of carbonyl (C=O) groups excluding carboxylic acids is 3. The molecule has 0 radical (unpaired) electrons. The van der Waals surface area contributed by atoms with Crippen LogP contribution in [0, 0.1) is 5.92 Å². The SMILES string of the molecule is O=C(Nc1nc2ccc(Cl)cc2s1)C1CCN(C(=O)[C@H]2Sc3ccccc3NC2=O)CC1. The van der Waals surface area contributed by atoms with Crippen molar-refractivity contribution < 1.29 is 14.4 Å². The number of halogens is 1. The van der Waals surface area contributed by atoms with Crippen LogP contribution in [0.5, 0.6) is 0 Å². The van der Waals surface area contributed by atoms with Crippen LogP contribution in [0.2, 0.25) is 5.02 Å². The molecule has 3 amide bonds. The minimum absolute atomic E-state index is 0.0963. The van der Waals surface area contributed by atoms with E-state index >= 15 is 0 Å². The van der Waals surface area contributed by atoms with E-state index in [1.807, 2.05) is 36.4 Å². The summed E-state index contributed by atoms with van der Waals surface area (Å²) in [6, 6.07) is 12.9. The molecular formula is C22H19ClN4O3S2. The monoisotopic (exact) mass is 486 g/mol. The lowest BCUT2D eigenvalue weighted by Crippen LogP contribution is -2.48. The van der Waals surface area contributed by atoms with Gasteiger partial charge in [-0.3, -0.25) is 14.4 Å². The largest absolute Gasteiger partial charge is 0.341 e. The molecule has 3 aromatic rings. The van der Waals surface area contributed by atoms with Crippen molar-refractivity contribution in [3.8, 4) is 0 Å². The molecule has 0 saturated carbocycles. The Morgan fingerprint density at radius 2 is 1.94 bits per heavy atom. The Morgan fingerprint density at radius 1 is 1.16 bits per heavy atom. The van der Waals surface area contributed by atoms with E-state index in [1.54, 1.807) is 11.0 Å². The topological polar surface area (TPSA) is 91.4 Å². The number of amides is 3.